The highest BCUT2D eigenvalue weighted by molar-refractivity contribution is 9.11. The average molecular weight is 413 g/mol. The van der Waals surface area contributed by atoms with Crippen molar-refractivity contribution in [3.05, 3.63) is 68.1 Å². The molecule has 2 aromatic carbocycles. The largest absolute Gasteiger partial charge is 0.478 e. The maximum absolute atomic E-state index is 12.1. The van der Waals surface area contributed by atoms with Gasteiger partial charge in [0.1, 0.15) is 0 Å². The highest BCUT2D eigenvalue weighted by Crippen LogP contribution is 2.21. The topological polar surface area (TPSA) is 66.4 Å². The Labute approximate surface area is 138 Å². The predicted octanol–water partition coefficient (Wildman–Crippen LogP) is 3.84. The highest BCUT2D eigenvalue weighted by atomic mass is 79.9. The van der Waals surface area contributed by atoms with Crippen LogP contribution in [0.1, 0.15) is 26.3 Å². The normalized spacial score (nSPS) is 10.2. The van der Waals surface area contributed by atoms with Gasteiger partial charge in [0, 0.05) is 15.5 Å². The molecule has 0 spiro atoms. The molecule has 21 heavy (non-hydrogen) atoms. The van der Waals surface area contributed by atoms with Crippen LogP contribution in [0.2, 0.25) is 0 Å². The van der Waals surface area contributed by atoms with Gasteiger partial charge in [0.15, 0.2) is 0 Å². The van der Waals surface area contributed by atoms with Crippen LogP contribution in [0.5, 0.6) is 0 Å². The molecule has 0 unspecified atom stereocenters. The third-order valence-electron chi connectivity index (χ3n) is 2.80. The lowest BCUT2D eigenvalue weighted by atomic mass is 10.1. The molecular weight excluding hydrogens is 402 g/mol. The summed E-state index contributed by atoms with van der Waals surface area (Å²) in [5.74, 6) is -1.22. The van der Waals surface area contributed by atoms with E-state index in [9.17, 15) is 9.59 Å². The minimum atomic E-state index is -0.988. The number of halogens is 2. The van der Waals surface area contributed by atoms with Gasteiger partial charge < -0.3 is 10.4 Å². The number of carbonyl (C=O) groups is 2. The molecule has 0 atom stereocenters. The second-order valence-electron chi connectivity index (χ2n) is 4.31. The number of amides is 1. The van der Waals surface area contributed by atoms with E-state index < -0.39 is 5.97 Å². The molecule has 0 aliphatic heterocycles. The van der Waals surface area contributed by atoms with Gasteiger partial charge in [-0.25, -0.2) is 4.79 Å². The van der Waals surface area contributed by atoms with E-state index in [-0.39, 0.29) is 18.0 Å². The summed E-state index contributed by atoms with van der Waals surface area (Å²) in [7, 11) is 0. The number of hydrogen-bond donors (Lipinski definition) is 2. The van der Waals surface area contributed by atoms with Crippen molar-refractivity contribution >= 4 is 43.7 Å². The summed E-state index contributed by atoms with van der Waals surface area (Å²) in [4.78, 5) is 23.0. The Morgan fingerprint density at radius 3 is 2.57 bits per heavy atom. The Morgan fingerprint density at radius 1 is 1.10 bits per heavy atom. The lowest BCUT2D eigenvalue weighted by Gasteiger charge is -2.08. The fraction of sp³-hybridized carbons (Fsp3) is 0.0667. The average Bonchev–Trinajstić information content (AvgIpc) is 2.47. The Morgan fingerprint density at radius 2 is 1.86 bits per heavy atom. The van der Waals surface area contributed by atoms with Crippen LogP contribution < -0.4 is 5.32 Å². The smallest absolute Gasteiger partial charge is 0.335 e. The lowest BCUT2D eigenvalue weighted by Crippen LogP contribution is -2.23. The monoisotopic (exact) mass is 411 g/mol. The zero-order valence-electron chi connectivity index (χ0n) is 10.8. The summed E-state index contributed by atoms with van der Waals surface area (Å²) in [5, 5.41) is 11.7. The summed E-state index contributed by atoms with van der Waals surface area (Å²) >= 11 is 6.65. The summed E-state index contributed by atoms with van der Waals surface area (Å²) in [6, 6.07) is 11.8. The number of nitrogens with one attached hydrogen (secondary N) is 1. The number of hydrogen-bond acceptors (Lipinski definition) is 2. The van der Waals surface area contributed by atoms with E-state index >= 15 is 0 Å². The van der Waals surface area contributed by atoms with Crippen LogP contribution in [0.15, 0.2) is 51.4 Å². The summed E-state index contributed by atoms with van der Waals surface area (Å²) < 4.78 is 1.51. The number of rotatable bonds is 4. The molecule has 0 radical (unpaired) electrons. The van der Waals surface area contributed by atoms with Gasteiger partial charge in [0.25, 0.3) is 5.91 Å². The van der Waals surface area contributed by atoms with E-state index in [1.165, 1.54) is 6.07 Å². The maximum atomic E-state index is 12.1. The molecule has 0 aromatic heterocycles. The second kappa shape index (κ2) is 6.87. The van der Waals surface area contributed by atoms with E-state index in [1.54, 1.807) is 30.3 Å². The molecule has 2 aromatic rings. The van der Waals surface area contributed by atoms with Crippen LogP contribution in [0.25, 0.3) is 0 Å². The van der Waals surface area contributed by atoms with Crippen LogP contribution in [0, 0.1) is 0 Å². The summed E-state index contributed by atoms with van der Waals surface area (Å²) in [6.45, 7) is 0.263. The molecule has 1 amide bonds. The quantitative estimate of drug-likeness (QED) is 0.801. The Balaban J connectivity index is 2.09. The van der Waals surface area contributed by atoms with Gasteiger partial charge in [-0.3, -0.25) is 4.79 Å². The molecule has 2 N–H and O–H groups in total. The molecule has 0 aliphatic rings. The van der Waals surface area contributed by atoms with Gasteiger partial charge in [-0.15, -0.1) is 0 Å². The van der Waals surface area contributed by atoms with Crippen molar-refractivity contribution in [1.29, 1.82) is 0 Å². The van der Waals surface area contributed by atoms with Gasteiger partial charge in [-0.05, 0) is 51.8 Å². The van der Waals surface area contributed by atoms with Crippen LogP contribution >= 0.6 is 31.9 Å². The first kappa shape index (κ1) is 15.7. The van der Waals surface area contributed by atoms with E-state index in [4.69, 9.17) is 5.11 Å². The van der Waals surface area contributed by atoms with Crippen molar-refractivity contribution in [1.82, 2.24) is 5.32 Å². The first-order valence-electron chi connectivity index (χ1n) is 6.03. The van der Waals surface area contributed by atoms with Crippen LogP contribution in [-0.2, 0) is 6.54 Å². The summed E-state index contributed by atoms with van der Waals surface area (Å²) in [6.07, 6.45) is 0. The van der Waals surface area contributed by atoms with Crippen molar-refractivity contribution in [3.8, 4) is 0 Å². The molecule has 108 valence electrons. The number of benzene rings is 2. The summed E-state index contributed by atoms with van der Waals surface area (Å²) in [5.41, 5.74) is 1.44. The number of aromatic carboxylic acids is 1. The first-order chi connectivity index (χ1) is 9.97. The van der Waals surface area contributed by atoms with Gasteiger partial charge >= 0.3 is 5.97 Å². The van der Waals surface area contributed by atoms with E-state index in [2.05, 4.69) is 37.2 Å². The number of carboxylic acid groups (broad SMARTS) is 1. The predicted molar refractivity (Wildman–Crippen MR) is 86.4 cm³/mol. The van der Waals surface area contributed by atoms with Crippen molar-refractivity contribution in [2.45, 2.75) is 6.54 Å². The second-order valence-corrected chi connectivity index (χ2v) is 6.08. The Kier molecular flexibility index (Phi) is 5.14. The molecular formula is C15H11Br2NO3. The molecule has 0 saturated carbocycles. The number of carboxylic acids is 1. The van der Waals surface area contributed by atoms with Crippen LogP contribution in [-0.4, -0.2) is 17.0 Å². The highest BCUT2D eigenvalue weighted by Gasteiger charge is 2.10. The van der Waals surface area contributed by atoms with Crippen LogP contribution in [0.3, 0.4) is 0 Å². The Bertz CT molecular complexity index is 701. The van der Waals surface area contributed by atoms with E-state index in [0.29, 0.717) is 10.0 Å². The molecule has 0 aliphatic carbocycles. The van der Waals surface area contributed by atoms with Gasteiger partial charge in [-0.1, -0.05) is 28.1 Å². The molecule has 0 bridgehead atoms. The van der Waals surface area contributed by atoms with Crippen LogP contribution in [0.4, 0.5) is 0 Å². The minimum absolute atomic E-state index is 0.199. The van der Waals surface area contributed by atoms with Gasteiger partial charge in [0.05, 0.1) is 11.1 Å². The standard InChI is InChI=1S/C15H11Br2NO3/c16-11-4-5-13(17)12(7-11)14(19)18-8-9-2-1-3-10(6-9)15(20)21/h1-7H,8H2,(H,18,19)(H,20,21). The molecule has 0 fully saturated rings. The molecule has 6 heteroatoms. The maximum Gasteiger partial charge on any atom is 0.335 e. The zero-order valence-corrected chi connectivity index (χ0v) is 13.9. The van der Waals surface area contributed by atoms with Crippen molar-refractivity contribution in [2.75, 3.05) is 0 Å². The number of carbonyl (C=O) groups excluding carboxylic acids is 1. The SMILES string of the molecule is O=C(O)c1cccc(CNC(=O)c2cc(Br)ccc2Br)c1. The zero-order chi connectivity index (χ0) is 15.4. The fourth-order valence-corrected chi connectivity index (χ4v) is 2.55. The van der Waals surface area contributed by atoms with Gasteiger partial charge in [0.2, 0.25) is 0 Å². The third-order valence-corrected chi connectivity index (χ3v) is 3.98. The third kappa shape index (κ3) is 4.15. The van der Waals surface area contributed by atoms with E-state index in [0.717, 1.165) is 10.0 Å². The fourth-order valence-electron chi connectivity index (χ4n) is 1.76. The van der Waals surface area contributed by atoms with Crippen molar-refractivity contribution in [3.63, 3.8) is 0 Å². The molecule has 4 nitrogen and oxygen atoms in total. The first-order valence-corrected chi connectivity index (χ1v) is 7.61. The van der Waals surface area contributed by atoms with Crippen molar-refractivity contribution < 1.29 is 14.7 Å². The minimum Gasteiger partial charge on any atom is -0.478 e. The van der Waals surface area contributed by atoms with E-state index in [1.807, 2.05) is 6.07 Å². The molecule has 2 rings (SSSR count). The van der Waals surface area contributed by atoms with Crippen molar-refractivity contribution in [2.24, 2.45) is 0 Å². The lowest BCUT2D eigenvalue weighted by molar-refractivity contribution is 0.0696. The molecule has 0 saturated heterocycles. The Hall–Kier alpha value is -1.66. The molecule has 0 heterocycles. The van der Waals surface area contributed by atoms with Gasteiger partial charge in [-0.2, -0.15) is 0 Å².